The summed E-state index contributed by atoms with van der Waals surface area (Å²) in [6.45, 7) is 4.66. The predicted octanol–water partition coefficient (Wildman–Crippen LogP) is 2.89. The van der Waals surface area contributed by atoms with E-state index >= 15 is 0 Å². The molecule has 1 atom stereocenters. The van der Waals surface area contributed by atoms with Gasteiger partial charge in [0, 0.05) is 18.8 Å². The molecule has 3 nitrogen and oxygen atoms in total. The lowest BCUT2D eigenvalue weighted by Crippen LogP contribution is -2.29. The zero-order valence-electron chi connectivity index (χ0n) is 10.8. The Balaban J connectivity index is 1.74. The van der Waals surface area contributed by atoms with Gasteiger partial charge in [0.25, 0.3) is 0 Å². The maximum absolute atomic E-state index is 4.37. The molecule has 1 N–H and O–H groups in total. The first-order valence-electron chi connectivity index (χ1n) is 7.06. The van der Waals surface area contributed by atoms with Crippen LogP contribution in [-0.2, 0) is 6.54 Å². The molecule has 17 heavy (non-hydrogen) atoms. The average molecular weight is 233 g/mol. The Bertz CT molecular complexity index is 373. The summed E-state index contributed by atoms with van der Waals surface area (Å²) in [5.41, 5.74) is 2.01. The fourth-order valence-electron chi connectivity index (χ4n) is 3.02. The van der Waals surface area contributed by atoms with Crippen LogP contribution in [0.25, 0.3) is 0 Å². The average Bonchev–Trinajstić information content (AvgIpc) is 3.00. The number of hydrogen-bond donors (Lipinski definition) is 1. The third-order valence-corrected chi connectivity index (χ3v) is 4.62. The van der Waals surface area contributed by atoms with E-state index in [1.807, 2.05) is 6.33 Å². The molecule has 0 bridgehead atoms. The first-order valence-corrected chi connectivity index (χ1v) is 7.06. The smallest absolute Gasteiger partial charge is 0.0948 e. The Morgan fingerprint density at radius 2 is 2.35 bits per heavy atom. The minimum atomic E-state index is 0.541. The fourth-order valence-corrected chi connectivity index (χ4v) is 3.02. The summed E-state index contributed by atoms with van der Waals surface area (Å²) in [6.07, 6.45) is 12.1. The second-order valence-electron chi connectivity index (χ2n) is 5.80. The summed E-state index contributed by atoms with van der Waals surface area (Å²) in [5.74, 6) is 0. The van der Waals surface area contributed by atoms with Gasteiger partial charge in [0.05, 0.1) is 12.0 Å². The van der Waals surface area contributed by atoms with Crippen molar-refractivity contribution in [1.29, 1.82) is 0 Å². The van der Waals surface area contributed by atoms with E-state index in [0.29, 0.717) is 11.5 Å². The number of nitrogens with one attached hydrogen (secondary N) is 1. The molecule has 2 fully saturated rings. The molecule has 1 unspecified atom stereocenters. The van der Waals surface area contributed by atoms with E-state index in [-0.39, 0.29) is 0 Å². The summed E-state index contributed by atoms with van der Waals surface area (Å²) in [7, 11) is 0. The molecule has 1 saturated carbocycles. The van der Waals surface area contributed by atoms with Crippen LogP contribution in [-0.4, -0.2) is 16.1 Å². The Hall–Kier alpha value is -0.830. The van der Waals surface area contributed by atoms with Crippen molar-refractivity contribution < 1.29 is 0 Å². The monoisotopic (exact) mass is 233 g/mol. The SMILES string of the molecule is CCC1(Cn2cncc2C2CCCCN2)CC1. The van der Waals surface area contributed by atoms with Crippen molar-refractivity contribution in [2.75, 3.05) is 6.54 Å². The lowest BCUT2D eigenvalue weighted by atomic mass is 10.0. The van der Waals surface area contributed by atoms with Gasteiger partial charge in [-0.05, 0) is 44.1 Å². The number of aromatic nitrogens is 2. The minimum Gasteiger partial charge on any atom is -0.333 e. The third kappa shape index (κ3) is 2.25. The van der Waals surface area contributed by atoms with Gasteiger partial charge in [0.15, 0.2) is 0 Å². The maximum atomic E-state index is 4.37. The molecule has 2 heterocycles. The molecule has 0 amide bonds. The van der Waals surface area contributed by atoms with Crippen LogP contribution in [0.15, 0.2) is 12.5 Å². The molecular formula is C14H23N3. The lowest BCUT2D eigenvalue weighted by Gasteiger charge is -2.25. The van der Waals surface area contributed by atoms with Crippen LogP contribution in [0.3, 0.4) is 0 Å². The highest BCUT2D eigenvalue weighted by atomic mass is 15.1. The number of nitrogens with zero attached hydrogens (tertiary/aromatic N) is 2. The van der Waals surface area contributed by atoms with Crippen molar-refractivity contribution in [3.8, 4) is 0 Å². The standard InChI is InChI=1S/C14H23N3/c1-2-14(6-7-14)10-17-11-15-9-13(17)12-5-3-4-8-16-12/h9,11-12,16H,2-8,10H2,1H3. The van der Waals surface area contributed by atoms with Gasteiger partial charge in [0.2, 0.25) is 0 Å². The number of rotatable bonds is 4. The van der Waals surface area contributed by atoms with Gasteiger partial charge in [0.1, 0.15) is 0 Å². The van der Waals surface area contributed by atoms with Crippen molar-refractivity contribution >= 4 is 0 Å². The van der Waals surface area contributed by atoms with Crippen molar-refractivity contribution in [2.45, 2.75) is 58.0 Å². The Labute approximate surface area is 104 Å². The highest BCUT2D eigenvalue weighted by Gasteiger charge is 2.41. The highest BCUT2D eigenvalue weighted by molar-refractivity contribution is 5.08. The summed E-state index contributed by atoms with van der Waals surface area (Å²) in [5, 5.41) is 3.63. The van der Waals surface area contributed by atoms with E-state index in [9.17, 15) is 0 Å². The molecule has 0 aromatic carbocycles. The highest BCUT2D eigenvalue weighted by Crippen LogP contribution is 2.50. The van der Waals surface area contributed by atoms with E-state index in [1.165, 1.54) is 50.8 Å². The first kappa shape index (κ1) is 11.3. The second-order valence-corrected chi connectivity index (χ2v) is 5.80. The summed E-state index contributed by atoms with van der Waals surface area (Å²) < 4.78 is 2.40. The molecule has 94 valence electrons. The Morgan fingerprint density at radius 3 is 3.00 bits per heavy atom. The molecule has 1 saturated heterocycles. The van der Waals surface area contributed by atoms with Crippen molar-refractivity contribution in [3.05, 3.63) is 18.2 Å². The van der Waals surface area contributed by atoms with Crippen molar-refractivity contribution in [2.24, 2.45) is 5.41 Å². The fraction of sp³-hybridized carbons (Fsp3) is 0.786. The van der Waals surface area contributed by atoms with Crippen LogP contribution in [0.1, 0.15) is 57.2 Å². The maximum Gasteiger partial charge on any atom is 0.0948 e. The number of piperidine rings is 1. The van der Waals surface area contributed by atoms with Crippen LogP contribution >= 0.6 is 0 Å². The van der Waals surface area contributed by atoms with E-state index in [2.05, 4.69) is 28.0 Å². The zero-order valence-corrected chi connectivity index (χ0v) is 10.8. The van der Waals surface area contributed by atoms with Crippen LogP contribution in [0.5, 0.6) is 0 Å². The molecule has 1 aromatic rings. The molecular weight excluding hydrogens is 210 g/mol. The van der Waals surface area contributed by atoms with Crippen LogP contribution in [0.2, 0.25) is 0 Å². The topological polar surface area (TPSA) is 29.9 Å². The lowest BCUT2D eigenvalue weighted by molar-refractivity contribution is 0.360. The molecule has 1 aromatic heterocycles. The number of hydrogen-bond acceptors (Lipinski definition) is 2. The van der Waals surface area contributed by atoms with E-state index < -0.39 is 0 Å². The molecule has 1 aliphatic heterocycles. The zero-order chi connectivity index (χ0) is 11.7. The Kier molecular flexibility index (Phi) is 2.95. The van der Waals surface area contributed by atoms with Gasteiger partial charge in [-0.1, -0.05) is 13.3 Å². The summed E-state index contributed by atoms with van der Waals surface area (Å²) >= 11 is 0. The quantitative estimate of drug-likeness (QED) is 0.866. The molecule has 2 aliphatic rings. The third-order valence-electron chi connectivity index (χ3n) is 4.62. The van der Waals surface area contributed by atoms with Crippen LogP contribution < -0.4 is 5.32 Å². The Morgan fingerprint density at radius 1 is 1.47 bits per heavy atom. The van der Waals surface area contributed by atoms with Crippen molar-refractivity contribution in [1.82, 2.24) is 14.9 Å². The first-order chi connectivity index (χ1) is 8.33. The van der Waals surface area contributed by atoms with Gasteiger partial charge < -0.3 is 9.88 Å². The minimum absolute atomic E-state index is 0.541. The van der Waals surface area contributed by atoms with Gasteiger partial charge in [-0.2, -0.15) is 0 Å². The molecule has 3 heteroatoms. The van der Waals surface area contributed by atoms with Gasteiger partial charge >= 0.3 is 0 Å². The summed E-state index contributed by atoms with van der Waals surface area (Å²) in [4.78, 5) is 4.37. The predicted molar refractivity (Wildman–Crippen MR) is 68.8 cm³/mol. The van der Waals surface area contributed by atoms with Crippen LogP contribution in [0, 0.1) is 5.41 Å². The van der Waals surface area contributed by atoms with E-state index in [0.717, 1.165) is 6.54 Å². The van der Waals surface area contributed by atoms with Gasteiger partial charge in [-0.25, -0.2) is 4.98 Å². The largest absolute Gasteiger partial charge is 0.333 e. The number of imidazole rings is 1. The molecule has 1 aliphatic carbocycles. The molecule has 0 radical (unpaired) electrons. The van der Waals surface area contributed by atoms with E-state index in [1.54, 1.807) is 0 Å². The van der Waals surface area contributed by atoms with Gasteiger partial charge in [-0.15, -0.1) is 0 Å². The van der Waals surface area contributed by atoms with Crippen molar-refractivity contribution in [3.63, 3.8) is 0 Å². The van der Waals surface area contributed by atoms with E-state index in [4.69, 9.17) is 0 Å². The normalized spacial score (nSPS) is 27.0. The van der Waals surface area contributed by atoms with Crippen LogP contribution in [0.4, 0.5) is 0 Å². The molecule has 3 rings (SSSR count). The second kappa shape index (κ2) is 4.45. The molecule has 0 spiro atoms. The summed E-state index contributed by atoms with van der Waals surface area (Å²) in [6, 6.07) is 0.541. The van der Waals surface area contributed by atoms with Gasteiger partial charge in [-0.3, -0.25) is 0 Å².